The second-order valence-corrected chi connectivity index (χ2v) is 5.77. The van der Waals surface area contributed by atoms with Crippen molar-refractivity contribution in [3.05, 3.63) is 21.9 Å². The summed E-state index contributed by atoms with van der Waals surface area (Å²) >= 11 is 1.52. The van der Waals surface area contributed by atoms with Gasteiger partial charge < -0.3 is 5.32 Å². The van der Waals surface area contributed by atoms with E-state index in [1.165, 1.54) is 11.3 Å². The van der Waals surface area contributed by atoms with E-state index in [0.717, 1.165) is 44.1 Å². The summed E-state index contributed by atoms with van der Waals surface area (Å²) < 4.78 is 0. The molecule has 1 saturated carbocycles. The summed E-state index contributed by atoms with van der Waals surface area (Å²) in [4.78, 5) is 12.2. The van der Waals surface area contributed by atoms with Crippen LogP contribution in [0.3, 0.4) is 0 Å². The Hall–Kier alpha value is -1.34. The fourth-order valence-corrected chi connectivity index (χ4v) is 3.30. The molecule has 0 aliphatic heterocycles. The molecule has 3 nitrogen and oxygen atoms in total. The largest absolute Gasteiger partial charge is 0.334 e. The highest BCUT2D eigenvalue weighted by molar-refractivity contribution is 7.08. The number of amides is 1. The number of rotatable bonds is 2. The number of nitrogens with zero attached hydrogens (tertiary/aromatic N) is 1. The monoisotopic (exact) mass is 262 g/mol. The molecule has 96 valence electrons. The predicted octanol–water partition coefficient (Wildman–Crippen LogP) is 3.40. The van der Waals surface area contributed by atoms with Crippen LogP contribution in [-0.4, -0.2) is 11.4 Å². The zero-order valence-corrected chi connectivity index (χ0v) is 11.5. The van der Waals surface area contributed by atoms with Crippen LogP contribution in [0.2, 0.25) is 0 Å². The van der Waals surface area contributed by atoms with E-state index in [-0.39, 0.29) is 5.91 Å². The summed E-state index contributed by atoms with van der Waals surface area (Å²) in [6.07, 6.45) is 5.93. The Labute approximate surface area is 112 Å². The van der Waals surface area contributed by atoms with Crippen LogP contribution in [0.15, 0.2) is 10.8 Å². The molecular weight excluding hydrogens is 244 g/mol. The molecule has 1 aliphatic carbocycles. The summed E-state index contributed by atoms with van der Waals surface area (Å²) in [7, 11) is 0. The first-order chi connectivity index (χ1) is 8.67. The van der Waals surface area contributed by atoms with Crippen LogP contribution in [0, 0.1) is 18.3 Å². The summed E-state index contributed by atoms with van der Waals surface area (Å²) in [5, 5.41) is 16.2. The average Bonchev–Trinajstić information content (AvgIpc) is 2.66. The molecule has 1 amide bonds. The van der Waals surface area contributed by atoms with Crippen LogP contribution >= 0.6 is 11.3 Å². The Balaban J connectivity index is 2.13. The van der Waals surface area contributed by atoms with E-state index in [4.69, 9.17) is 0 Å². The molecule has 0 saturated heterocycles. The van der Waals surface area contributed by atoms with Crippen molar-refractivity contribution in [2.24, 2.45) is 0 Å². The molecular formula is C14H18N2OS. The summed E-state index contributed by atoms with van der Waals surface area (Å²) in [6.45, 7) is 1.93. The number of hydrogen-bond acceptors (Lipinski definition) is 3. The van der Waals surface area contributed by atoms with E-state index in [1.807, 2.05) is 17.7 Å². The van der Waals surface area contributed by atoms with Crippen LogP contribution < -0.4 is 5.32 Å². The zero-order chi connectivity index (χ0) is 13.0. The number of nitrogens with one attached hydrogen (secondary N) is 1. The molecule has 1 fully saturated rings. The van der Waals surface area contributed by atoms with Crippen LogP contribution in [-0.2, 0) is 0 Å². The number of thiophene rings is 1. The van der Waals surface area contributed by atoms with Crippen molar-refractivity contribution in [1.29, 1.82) is 5.26 Å². The van der Waals surface area contributed by atoms with Crippen LogP contribution in [0.4, 0.5) is 0 Å². The molecule has 0 bridgehead atoms. The number of nitriles is 1. The summed E-state index contributed by atoms with van der Waals surface area (Å²) in [5.41, 5.74) is 1.04. The third-order valence-electron chi connectivity index (χ3n) is 3.62. The van der Waals surface area contributed by atoms with Crippen molar-refractivity contribution in [3.63, 3.8) is 0 Å². The lowest BCUT2D eigenvalue weighted by atomic mass is 9.91. The quantitative estimate of drug-likeness (QED) is 0.830. The van der Waals surface area contributed by atoms with Crippen molar-refractivity contribution >= 4 is 17.2 Å². The van der Waals surface area contributed by atoms with E-state index >= 15 is 0 Å². The summed E-state index contributed by atoms with van der Waals surface area (Å²) in [6, 6.07) is 2.34. The minimum Gasteiger partial charge on any atom is -0.334 e. The van der Waals surface area contributed by atoms with Crippen molar-refractivity contribution in [2.75, 3.05) is 0 Å². The first-order valence-corrected chi connectivity index (χ1v) is 7.38. The molecule has 0 atom stereocenters. The Kier molecular flexibility index (Phi) is 4.03. The highest BCUT2D eigenvalue weighted by atomic mass is 32.1. The van der Waals surface area contributed by atoms with E-state index in [1.54, 1.807) is 0 Å². The van der Waals surface area contributed by atoms with E-state index < -0.39 is 5.54 Å². The van der Waals surface area contributed by atoms with Gasteiger partial charge in [0.15, 0.2) is 0 Å². The lowest BCUT2D eigenvalue weighted by molar-refractivity contribution is 0.0913. The molecule has 0 spiro atoms. The third-order valence-corrected chi connectivity index (χ3v) is 4.49. The normalized spacial score (nSPS) is 18.7. The van der Waals surface area contributed by atoms with Gasteiger partial charge in [-0.1, -0.05) is 25.7 Å². The topological polar surface area (TPSA) is 52.9 Å². The Morgan fingerprint density at radius 3 is 2.50 bits per heavy atom. The van der Waals surface area contributed by atoms with Gasteiger partial charge in [-0.2, -0.15) is 16.6 Å². The molecule has 1 N–H and O–H groups in total. The molecule has 1 aliphatic rings. The van der Waals surface area contributed by atoms with Crippen molar-refractivity contribution in [1.82, 2.24) is 5.32 Å². The van der Waals surface area contributed by atoms with Crippen LogP contribution in [0.5, 0.6) is 0 Å². The van der Waals surface area contributed by atoms with Crippen LogP contribution in [0.1, 0.15) is 54.4 Å². The minimum absolute atomic E-state index is 0.0998. The van der Waals surface area contributed by atoms with Crippen molar-refractivity contribution in [2.45, 2.75) is 51.0 Å². The summed E-state index contributed by atoms with van der Waals surface area (Å²) in [5.74, 6) is -0.0998. The Morgan fingerprint density at radius 1 is 1.33 bits per heavy atom. The maximum Gasteiger partial charge on any atom is 0.253 e. The van der Waals surface area contributed by atoms with Gasteiger partial charge in [-0.05, 0) is 30.7 Å². The number of carbonyl (C=O) groups excluding carboxylic acids is 1. The van der Waals surface area contributed by atoms with E-state index in [0.29, 0.717) is 5.56 Å². The number of aryl methyl sites for hydroxylation is 1. The van der Waals surface area contributed by atoms with Crippen molar-refractivity contribution < 1.29 is 4.79 Å². The molecule has 1 aromatic heterocycles. The number of hydrogen-bond donors (Lipinski definition) is 1. The molecule has 0 aromatic carbocycles. The van der Waals surface area contributed by atoms with Crippen molar-refractivity contribution in [3.8, 4) is 6.07 Å². The SMILES string of the molecule is Cc1cscc1C(=O)NC1(C#N)CCCCCC1. The molecule has 4 heteroatoms. The Morgan fingerprint density at radius 2 is 2.00 bits per heavy atom. The highest BCUT2D eigenvalue weighted by Gasteiger charge is 2.33. The van der Waals surface area contributed by atoms with Crippen LogP contribution in [0.25, 0.3) is 0 Å². The van der Waals surface area contributed by atoms with Gasteiger partial charge in [0.25, 0.3) is 5.91 Å². The van der Waals surface area contributed by atoms with Gasteiger partial charge in [0.05, 0.1) is 11.6 Å². The Bertz CT molecular complexity index is 464. The van der Waals surface area contributed by atoms with Gasteiger partial charge in [0, 0.05) is 5.38 Å². The predicted molar refractivity (Wildman–Crippen MR) is 72.6 cm³/mol. The van der Waals surface area contributed by atoms with Gasteiger partial charge in [-0.3, -0.25) is 4.79 Å². The van der Waals surface area contributed by atoms with Gasteiger partial charge in [-0.25, -0.2) is 0 Å². The minimum atomic E-state index is -0.651. The highest BCUT2D eigenvalue weighted by Crippen LogP contribution is 2.27. The zero-order valence-electron chi connectivity index (χ0n) is 10.7. The average molecular weight is 262 g/mol. The molecule has 1 heterocycles. The maximum absolute atomic E-state index is 12.2. The van der Waals surface area contributed by atoms with Gasteiger partial charge in [-0.15, -0.1) is 0 Å². The molecule has 2 rings (SSSR count). The first-order valence-electron chi connectivity index (χ1n) is 6.43. The fourth-order valence-electron chi connectivity index (χ4n) is 2.47. The second-order valence-electron chi connectivity index (χ2n) is 5.03. The standard InChI is InChI=1S/C14H18N2OS/c1-11-8-18-9-12(11)13(17)16-14(10-15)6-4-2-3-5-7-14/h8-9H,2-7H2,1H3,(H,16,17). The third kappa shape index (κ3) is 2.73. The molecule has 0 radical (unpaired) electrons. The maximum atomic E-state index is 12.2. The fraction of sp³-hybridized carbons (Fsp3) is 0.571. The van der Waals surface area contributed by atoms with E-state index in [2.05, 4.69) is 11.4 Å². The first kappa shape index (κ1) is 13.1. The van der Waals surface area contributed by atoms with Gasteiger partial charge in [0.2, 0.25) is 0 Å². The number of carbonyl (C=O) groups is 1. The molecule has 1 aromatic rings. The lowest BCUT2D eigenvalue weighted by Gasteiger charge is -2.26. The van der Waals surface area contributed by atoms with Gasteiger partial charge >= 0.3 is 0 Å². The smallest absolute Gasteiger partial charge is 0.253 e. The molecule has 0 unspecified atom stereocenters. The van der Waals surface area contributed by atoms with E-state index in [9.17, 15) is 10.1 Å². The lowest BCUT2D eigenvalue weighted by Crippen LogP contribution is -2.47. The molecule has 18 heavy (non-hydrogen) atoms. The second kappa shape index (κ2) is 5.53. The van der Waals surface area contributed by atoms with Gasteiger partial charge in [0.1, 0.15) is 5.54 Å².